The molecule has 1 saturated carbocycles. The van der Waals surface area contributed by atoms with E-state index in [9.17, 15) is 4.79 Å². The molecule has 1 amide bonds. The first kappa shape index (κ1) is 13.2. The smallest absolute Gasteiger partial charge is 0.410 e. The molecule has 0 N–H and O–H groups in total. The molecule has 0 unspecified atom stereocenters. The minimum Gasteiger partial charge on any atom is -0.444 e. The van der Waals surface area contributed by atoms with Crippen LogP contribution in [0.2, 0.25) is 0 Å². The number of hydrogen-bond donors (Lipinski definition) is 0. The largest absolute Gasteiger partial charge is 0.444 e. The summed E-state index contributed by atoms with van der Waals surface area (Å²) in [6, 6.07) is 0. The van der Waals surface area contributed by atoms with Crippen molar-refractivity contribution in [2.75, 3.05) is 18.4 Å². The lowest BCUT2D eigenvalue weighted by Crippen LogP contribution is -2.64. The highest BCUT2D eigenvalue weighted by molar-refractivity contribution is 9.09. The minimum atomic E-state index is -0.402. The first-order valence-corrected chi connectivity index (χ1v) is 7.33. The molecular weight excluding hydrogens is 282 g/mol. The van der Waals surface area contributed by atoms with E-state index < -0.39 is 5.60 Å². The summed E-state index contributed by atoms with van der Waals surface area (Å²) in [5, 5.41) is 0.981. The quantitative estimate of drug-likeness (QED) is 0.695. The third kappa shape index (κ3) is 2.61. The number of fused-ring (bicyclic) bond motifs is 2. The highest BCUT2D eigenvalue weighted by Crippen LogP contribution is 2.59. The van der Waals surface area contributed by atoms with Crippen LogP contribution in [0, 0.1) is 10.8 Å². The molecule has 17 heavy (non-hydrogen) atoms. The van der Waals surface area contributed by atoms with Crippen LogP contribution in [0.4, 0.5) is 4.79 Å². The summed E-state index contributed by atoms with van der Waals surface area (Å²) in [5.41, 5.74) is 0.202. The molecule has 4 heteroatoms. The Kier molecular flexibility index (Phi) is 3.00. The van der Waals surface area contributed by atoms with Gasteiger partial charge in [-0.15, -0.1) is 0 Å². The number of amides is 1. The van der Waals surface area contributed by atoms with Crippen LogP contribution in [0.5, 0.6) is 0 Å². The lowest BCUT2D eigenvalue weighted by atomic mass is 9.51. The number of carbonyl (C=O) groups is 1. The molecule has 2 heterocycles. The van der Waals surface area contributed by atoms with E-state index in [-0.39, 0.29) is 6.09 Å². The highest BCUT2D eigenvalue weighted by Gasteiger charge is 2.57. The summed E-state index contributed by atoms with van der Waals surface area (Å²) in [5.74, 6) is 0. The van der Waals surface area contributed by atoms with E-state index in [0.29, 0.717) is 10.8 Å². The zero-order chi connectivity index (χ0) is 12.9. The Morgan fingerprint density at radius 2 is 1.94 bits per heavy atom. The first-order chi connectivity index (χ1) is 7.67. The SMILES string of the molecule is CC12CN(C(=O)OC(C)(C)C)CC(CBr)(C1)C2. The van der Waals surface area contributed by atoms with Crippen molar-refractivity contribution in [3.63, 3.8) is 0 Å². The minimum absolute atomic E-state index is 0.159. The van der Waals surface area contributed by atoms with Gasteiger partial charge in [-0.05, 0) is 44.4 Å². The Balaban J connectivity index is 2.02. The van der Waals surface area contributed by atoms with E-state index in [2.05, 4.69) is 22.9 Å². The molecule has 3 nitrogen and oxygen atoms in total. The fourth-order valence-electron chi connectivity index (χ4n) is 3.50. The second-order valence-corrected chi connectivity index (χ2v) is 7.69. The summed E-state index contributed by atoms with van der Waals surface area (Å²) < 4.78 is 5.45. The molecule has 98 valence electrons. The summed E-state index contributed by atoms with van der Waals surface area (Å²) in [4.78, 5) is 14.0. The van der Waals surface area contributed by atoms with Crippen LogP contribution in [0.25, 0.3) is 0 Å². The van der Waals surface area contributed by atoms with Crippen molar-refractivity contribution in [1.82, 2.24) is 4.90 Å². The first-order valence-electron chi connectivity index (χ1n) is 6.21. The average molecular weight is 304 g/mol. The summed E-state index contributed by atoms with van der Waals surface area (Å²) in [6.07, 6.45) is 2.29. The van der Waals surface area contributed by atoms with Gasteiger partial charge in [0.1, 0.15) is 5.60 Å². The van der Waals surface area contributed by atoms with E-state index >= 15 is 0 Å². The van der Waals surface area contributed by atoms with Crippen LogP contribution in [-0.2, 0) is 4.74 Å². The predicted octanol–water partition coefficient (Wildman–Crippen LogP) is 3.42. The molecule has 0 spiro atoms. The lowest BCUT2D eigenvalue weighted by Gasteiger charge is -2.62. The average Bonchev–Trinajstić information content (AvgIpc) is 2.12. The van der Waals surface area contributed by atoms with Gasteiger partial charge < -0.3 is 9.64 Å². The zero-order valence-corrected chi connectivity index (χ0v) is 12.8. The number of rotatable bonds is 1. The molecule has 0 aromatic carbocycles. The standard InChI is InChI=1S/C13H22BrNO2/c1-11(2,3)17-10(16)15-8-12(4)5-13(6-12,7-14)9-15/h5-9H2,1-4H3. The van der Waals surface area contributed by atoms with Crippen molar-refractivity contribution in [3.8, 4) is 0 Å². The molecule has 0 aromatic rings. The second kappa shape index (κ2) is 3.87. The topological polar surface area (TPSA) is 29.5 Å². The van der Waals surface area contributed by atoms with Crippen molar-refractivity contribution >= 4 is 22.0 Å². The summed E-state index contributed by atoms with van der Waals surface area (Å²) in [7, 11) is 0. The summed E-state index contributed by atoms with van der Waals surface area (Å²) in [6.45, 7) is 9.69. The van der Waals surface area contributed by atoms with Gasteiger partial charge in [0.15, 0.2) is 0 Å². The number of carbonyl (C=O) groups excluding carboxylic acids is 1. The van der Waals surface area contributed by atoms with Crippen LogP contribution in [0.1, 0.15) is 40.5 Å². The fourth-order valence-corrected chi connectivity index (χ4v) is 4.07. The molecule has 0 atom stereocenters. The molecule has 3 rings (SSSR count). The molecular formula is C13H22BrNO2. The van der Waals surface area contributed by atoms with E-state index in [4.69, 9.17) is 4.74 Å². The maximum absolute atomic E-state index is 12.1. The predicted molar refractivity (Wildman–Crippen MR) is 71.4 cm³/mol. The number of ether oxygens (including phenoxy) is 1. The number of alkyl halides is 1. The molecule has 1 aliphatic carbocycles. The Morgan fingerprint density at radius 1 is 1.35 bits per heavy atom. The second-order valence-electron chi connectivity index (χ2n) is 7.13. The van der Waals surface area contributed by atoms with Crippen molar-refractivity contribution in [3.05, 3.63) is 0 Å². The van der Waals surface area contributed by atoms with Gasteiger partial charge in [0.25, 0.3) is 0 Å². The van der Waals surface area contributed by atoms with Crippen molar-refractivity contribution < 1.29 is 9.53 Å². The zero-order valence-electron chi connectivity index (χ0n) is 11.2. The van der Waals surface area contributed by atoms with E-state index in [0.717, 1.165) is 18.4 Å². The highest BCUT2D eigenvalue weighted by atomic mass is 79.9. The van der Waals surface area contributed by atoms with E-state index in [1.807, 2.05) is 25.7 Å². The molecule has 2 aliphatic heterocycles. The molecule has 0 radical (unpaired) electrons. The van der Waals surface area contributed by atoms with Crippen molar-refractivity contribution in [1.29, 1.82) is 0 Å². The normalized spacial score (nSPS) is 36.4. The van der Waals surface area contributed by atoms with Gasteiger partial charge in [0.05, 0.1) is 0 Å². The Hall–Kier alpha value is -0.250. The van der Waals surface area contributed by atoms with Gasteiger partial charge in [-0.1, -0.05) is 22.9 Å². The van der Waals surface area contributed by atoms with Crippen LogP contribution >= 0.6 is 15.9 Å². The maximum atomic E-state index is 12.1. The van der Waals surface area contributed by atoms with Gasteiger partial charge in [0.2, 0.25) is 0 Å². The molecule has 3 aliphatic rings. The molecule has 0 aromatic heterocycles. The number of nitrogens with zero attached hydrogens (tertiary/aromatic N) is 1. The third-order valence-corrected chi connectivity index (χ3v) is 4.83. The van der Waals surface area contributed by atoms with Crippen LogP contribution in [0.3, 0.4) is 0 Å². The van der Waals surface area contributed by atoms with Gasteiger partial charge in [-0.2, -0.15) is 0 Å². The van der Waals surface area contributed by atoms with E-state index in [1.165, 1.54) is 12.8 Å². The lowest BCUT2D eigenvalue weighted by molar-refractivity contribution is -0.108. The molecule has 3 fully saturated rings. The monoisotopic (exact) mass is 303 g/mol. The van der Waals surface area contributed by atoms with Crippen molar-refractivity contribution in [2.45, 2.75) is 46.1 Å². The fraction of sp³-hybridized carbons (Fsp3) is 0.923. The van der Waals surface area contributed by atoms with Gasteiger partial charge in [-0.25, -0.2) is 4.79 Å². The van der Waals surface area contributed by atoms with Crippen molar-refractivity contribution in [2.24, 2.45) is 10.8 Å². The van der Waals surface area contributed by atoms with Crippen LogP contribution < -0.4 is 0 Å². The number of piperidine rings is 2. The Labute approximate surface area is 112 Å². The third-order valence-electron chi connectivity index (χ3n) is 3.64. The molecule has 2 saturated heterocycles. The van der Waals surface area contributed by atoms with Crippen LogP contribution in [0.15, 0.2) is 0 Å². The van der Waals surface area contributed by atoms with Crippen LogP contribution in [-0.4, -0.2) is 35.0 Å². The molecule has 2 bridgehead atoms. The maximum Gasteiger partial charge on any atom is 0.410 e. The Morgan fingerprint density at radius 3 is 2.41 bits per heavy atom. The van der Waals surface area contributed by atoms with Gasteiger partial charge in [-0.3, -0.25) is 0 Å². The Bertz CT molecular complexity index is 329. The van der Waals surface area contributed by atoms with Gasteiger partial charge in [0, 0.05) is 18.4 Å². The number of hydrogen-bond acceptors (Lipinski definition) is 2. The number of halogens is 1. The summed E-state index contributed by atoms with van der Waals surface area (Å²) >= 11 is 3.59. The van der Waals surface area contributed by atoms with E-state index in [1.54, 1.807) is 0 Å². The van der Waals surface area contributed by atoms with Gasteiger partial charge >= 0.3 is 6.09 Å².